The van der Waals surface area contributed by atoms with E-state index in [9.17, 15) is 4.79 Å². The van der Waals surface area contributed by atoms with Crippen molar-refractivity contribution in [1.29, 1.82) is 5.26 Å². The van der Waals surface area contributed by atoms with Crippen molar-refractivity contribution in [3.8, 4) is 6.07 Å². The van der Waals surface area contributed by atoms with Crippen LogP contribution < -0.4 is 0 Å². The van der Waals surface area contributed by atoms with Crippen LogP contribution in [0.25, 0.3) is 0 Å². The maximum atomic E-state index is 10.8. The van der Waals surface area contributed by atoms with Crippen molar-refractivity contribution in [2.45, 2.75) is 33.7 Å². The number of aldehydes is 1. The van der Waals surface area contributed by atoms with E-state index in [1.165, 1.54) is 0 Å². The third kappa shape index (κ3) is 2.27. The summed E-state index contributed by atoms with van der Waals surface area (Å²) in [6.45, 7) is 6.99. The molecule has 1 aromatic heterocycles. The largest absolute Gasteiger partial charge is 0.336 e. The highest BCUT2D eigenvalue weighted by atomic mass is 16.1. The number of aromatic nitrogens is 1. The van der Waals surface area contributed by atoms with Crippen LogP contribution in [0.1, 0.15) is 42.5 Å². The van der Waals surface area contributed by atoms with Crippen molar-refractivity contribution in [3.05, 3.63) is 23.0 Å². The molecule has 0 spiro atoms. The van der Waals surface area contributed by atoms with Crippen LogP contribution in [0.5, 0.6) is 0 Å². The monoisotopic (exact) mass is 204 g/mol. The van der Waals surface area contributed by atoms with Gasteiger partial charge in [0.05, 0.1) is 0 Å². The molecule has 3 nitrogen and oxygen atoms in total. The Bertz CT molecular complexity index is 396. The minimum Gasteiger partial charge on any atom is -0.336 e. The Morgan fingerprint density at radius 2 is 2.27 bits per heavy atom. The van der Waals surface area contributed by atoms with E-state index >= 15 is 0 Å². The summed E-state index contributed by atoms with van der Waals surface area (Å²) < 4.78 is 1.95. The van der Waals surface area contributed by atoms with E-state index in [0.29, 0.717) is 17.2 Å². The van der Waals surface area contributed by atoms with E-state index < -0.39 is 0 Å². The van der Waals surface area contributed by atoms with Crippen molar-refractivity contribution < 1.29 is 4.79 Å². The molecule has 0 fully saturated rings. The molecule has 1 rings (SSSR count). The molecule has 0 saturated heterocycles. The van der Waals surface area contributed by atoms with Gasteiger partial charge in [-0.15, -0.1) is 0 Å². The number of hydrogen-bond donors (Lipinski definition) is 0. The van der Waals surface area contributed by atoms with Gasteiger partial charge in [0, 0.05) is 17.8 Å². The molecule has 0 aromatic carbocycles. The fraction of sp³-hybridized carbons (Fsp3) is 0.500. The smallest absolute Gasteiger partial charge is 0.151 e. The summed E-state index contributed by atoms with van der Waals surface area (Å²) in [4.78, 5) is 10.8. The molecule has 0 unspecified atom stereocenters. The second-order valence-corrected chi connectivity index (χ2v) is 4.02. The molecule has 0 aliphatic rings. The summed E-state index contributed by atoms with van der Waals surface area (Å²) in [6, 6.07) is 3.81. The number of rotatable bonds is 4. The Kier molecular flexibility index (Phi) is 3.68. The van der Waals surface area contributed by atoms with Crippen molar-refractivity contribution in [1.82, 2.24) is 4.57 Å². The highest BCUT2D eigenvalue weighted by Gasteiger charge is 2.13. The molecule has 0 N–H and O–H groups in total. The van der Waals surface area contributed by atoms with Gasteiger partial charge in [0.2, 0.25) is 0 Å². The topological polar surface area (TPSA) is 45.8 Å². The third-order valence-electron chi connectivity index (χ3n) is 2.37. The van der Waals surface area contributed by atoms with Crippen molar-refractivity contribution in [2.75, 3.05) is 0 Å². The molecular weight excluding hydrogens is 188 g/mol. The van der Waals surface area contributed by atoms with Crippen LogP contribution in [0.15, 0.2) is 6.07 Å². The molecule has 0 bridgehead atoms. The quantitative estimate of drug-likeness (QED) is 0.707. The molecule has 0 atom stereocenters. The first-order valence-corrected chi connectivity index (χ1v) is 5.21. The number of carbonyl (C=O) groups is 1. The average Bonchev–Trinajstić information content (AvgIpc) is 2.54. The number of carbonyl (C=O) groups excluding carboxylic acids is 1. The number of hydrogen-bond acceptors (Lipinski definition) is 2. The van der Waals surface area contributed by atoms with Crippen LogP contribution in [-0.2, 0) is 13.0 Å². The zero-order chi connectivity index (χ0) is 11.4. The lowest BCUT2D eigenvalue weighted by Gasteiger charge is -2.12. The first-order valence-electron chi connectivity index (χ1n) is 5.21. The Morgan fingerprint density at radius 3 is 2.67 bits per heavy atom. The fourth-order valence-electron chi connectivity index (χ4n) is 1.77. The lowest BCUT2D eigenvalue weighted by molar-refractivity contribution is 0.112. The van der Waals surface area contributed by atoms with Crippen molar-refractivity contribution in [3.63, 3.8) is 0 Å². The zero-order valence-corrected chi connectivity index (χ0v) is 9.45. The van der Waals surface area contributed by atoms with Crippen LogP contribution in [0.2, 0.25) is 0 Å². The van der Waals surface area contributed by atoms with Gasteiger partial charge in [-0.3, -0.25) is 4.79 Å². The standard InChI is InChI=1S/C12H16N2O/c1-4-12-10(8-15)5-11(6-13)14(12)7-9(2)3/h5,8-9H,4,7H2,1-3H3. The van der Waals surface area contributed by atoms with Gasteiger partial charge in [-0.25, -0.2) is 0 Å². The molecule has 3 heteroatoms. The van der Waals surface area contributed by atoms with Gasteiger partial charge < -0.3 is 4.57 Å². The molecule has 15 heavy (non-hydrogen) atoms. The summed E-state index contributed by atoms with van der Waals surface area (Å²) in [6.07, 6.45) is 1.61. The Labute approximate surface area is 90.3 Å². The van der Waals surface area contributed by atoms with E-state index in [1.54, 1.807) is 6.07 Å². The van der Waals surface area contributed by atoms with Gasteiger partial charge in [0.15, 0.2) is 6.29 Å². The van der Waals surface area contributed by atoms with Gasteiger partial charge in [0.25, 0.3) is 0 Å². The van der Waals surface area contributed by atoms with Crippen molar-refractivity contribution >= 4 is 6.29 Å². The summed E-state index contributed by atoms with van der Waals surface area (Å²) in [5.41, 5.74) is 2.20. The van der Waals surface area contributed by atoms with E-state index in [0.717, 1.165) is 24.9 Å². The van der Waals surface area contributed by atoms with E-state index in [1.807, 2.05) is 11.5 Å². The molecule has 80 valence electrons. The minimum absolute atomic E-state index is 0.467. The fourth-order valence-corrected chi connectivity index (χ4v) is 1.77. The van der Waals surface area contributed by atoms with Gasteiger partial charge in [-0.1, -0.05) is 20.8 Å². The van der Waals surface area contributed by atoms with Crippen molar-refractivity contribution in [2.24, 2.45) is 5.92 Å². The van der Waals surface area contributed by atoms with Crippen LogP contribution in [0.4, 0.5) is 0 Å². The maximum absolute atomic E-state index is 10.8. The number of nitrogens with zero attached hydrogens (tertiary/aromatic N) is 2. The van der Waals surface area contributed by atoms with Gasteiger partial charge in [0.1, 0.15) is 11.8 Å². The summed E-state index contributed by atoms with van der Waals surface area (Å²) >= 11 is 0. The molecule has 1 heterocycles. The van der Waals surface area contributed by atoms with Gasteiger partial charge in [-0.05, 0) is 18.4 Å². The number of nitriles is 1. The predicted molar refractivity (Wildman–Crippen MR) is 58.8 cm³/mol. The lowest BCUT2D eigenvalue weighted by atomic mass is 10.2. The van der Waals surface area contributed by atoms with E-state index in [4.69, 9.17) is 5.26 Å². The molecular formula is C12H16N2O. The SMILES string of the molecule is CCc1c(C=O)cc(C#N)n1CC(C)C. The Hall–Kier alpha value is -1.56. The Morgan fingerprint density at radius 1 is 1.60 bits per heavy atom. The predicted octanol–water partition coefficient (Wildman–Crippen LogP) is 2.39. The first kappa shape index (κ1) is 11.5. The van der Waals surface area contributed by atoms with E-state index in [2.05, 4.69) is 19.9 Å². The molecule has 0 radical (unpaired) electrons. The normalized spacial score (nSPS) is 10.3. The highest BCUT2D eigenvalue weighted by Crippen LogP contribution is 2.17. The van der Waals surface area contributed by atoms with Crippen LogP contribution in [0.3, 0.4) is 0 Å². The average molecular weight is 204 g/mol. The Balaban J connectivity index is 3.25. The summed E-state index contributed by atoms with van der Waals surface area (Å²) in [5, 5.41) is 8.97. The van der Waals surface area contributed by atoms with Crippen LogP contribution >= 0.6 is 0 Å². The van der Waals surface area contributed by atoms with E-state index in [-0.39, 0.29) is 0 Å². The first-order chi connectivity index (χ1) is 7.13. The lowest BCUT2D eigenvalue weighted by Crippen LogP contribution is -2.10. The second-order valence-electron chi connectivity index (χ2n) is 4.02. The van der Waals surface area contributed by atoms with Crippen LogP contribution in [0, 0.1) is 17.2 Å². The van der Waals surface area contributed by atoms with Crippen LogP contribution in [-0.4, -0.2) is 10.9 Å². The summed E-state index contributed by atoms with van der Waals surface area (Å²) in [5.74, 6) is 0.467. The third-order valence-corrected chi connectivity index (χ3v) is 2.37. The molecule has 1 aromatic rings. The summed E-state index contributed by atoms with van der Waals surface area (Å²) in [7, 11) is 0. The minimum atomic E-state index is 0.467. The van der Waals surface area contributed by atoms with Gasteiger partial charge >= 0.3 is 0 Å². The molecule has 0 aliphatic heterocycles. The molecule has 0 saturated carbocycles. The highest BCUT2D eigenvalue weighted by molar-refractivity contribution is 5.77. The van der Waals surface area contributed by atoms with Gasteiger partial charge in [-0.2, -0.15) is 5.26 Å². The molecule has 0 aliphatic carbocycles. The maximum Gasteiger partial charge on any atom is 0.151 e. The second kappa shape index (κ2) is 4.79. The zero-order valence-electron chi connectivity index (χ0n) is 9.45. The molecule has 0 amide bonds.